The predicted octanol–water partition coefficient (Wildman–Crippen LogP) is 2.02. The van der Waals surface area contributed by atoms with E-state index in [1.165, 1.54) is 0 Å². The Morgan fingerprint density at radius 1 is 1.03 bits per heavy atom. The van der Waals surface area contributed by atoms with Gasteiger partial charge in [0.15, 0.2) is 0 Å². The van der Waals surface area contributed by atoms with Gasteiger partial charge in [0.1, 0.15) is 0 Å². The van der Waals surface area contributed by atoms with E-state index in [4.69, 9.17) is 14.2 Å². The number of ether oxygens (including phenoxy) is 3. The average Bonchev–Trinajstić information content (AvgIpc) is 3.17. The number of carbonyl (C=O) groups is 2. The van der Waals surface area contributed by atoms with Crippen molar-refractivity contribution in [3.63, 3.8) is 0 Å². The van der Waals surface area contributed by atoms with Crippen LogP contribution in [0.4, 0.5) is 5.69 Å². The summed E-state index contributed by atoms with van der Waals surface area (Å²) in [7, 11) is 1.89. The van der Waals surface area contributed by atoms with Crippen LogP contribution in [0.1, 0.15) is 49.0 Å². The van der Waals surface area contributed by atoms with Gasteiger partial charge in [0.05, 0.1) is 39.6 Å². The molecule has 0 bridgehead atoms. The van der Waals surface area contributed by atoms with E-state index in [0.717, 1.165) is 30.6 Å². The highest BCUT2D eigenvalue weighted by Crippen LogP contribution is 2.31. The molecule has 192 valence electrons. The highest BCUT2D eigenvalue weighted by molar-refractivity contribution is 6.02. The standard InChI is InChI=1S/C25H42N4O5/c1-4-6-20(2)29-19-22-21(25(29)31)7-5-8-23(22)28-24(30)9-10-27-12-14-33-16-18-34-17-15-32-13-11-26-3/h5,7-8,20,26-27H,4,6,9-19H2,1-3H3,(H,28,30). The minimum Gasteiger partial charge on any atom is -0.378 e. The first-order valence-corrected chi connectivity index (χ1v) is 12.4. The van der Waals surface area contributed by atoms with Gasteiger partial charge in [0.2, 0.25) is 5.91 Å². The van der Waals surface area contributed by atoms with Gasteiger partial charge in [-0.05, 0) is 32.5 Å². The second-order valence-electron chi connectivity index (χ2n) is 8.39. The second kappa shape index (κ2) is 16.6. The summed E-state index contributed by atoms with van der Waals surface area (Å²) < 4.78 is 16.3. The van der Waals surface area contributed by atoms with E-state index in [0.29, 0.717) is 71.3 Å². The molecule has 2 rings (SSSR count). The zero-order valence-corrected chi connectivity index (χ0v) is 21.0. The largest absolute Gasteiger partial charge is 0.378 e. The van der Waals surface area contributed by atoms with Crippen molar-refractivity contribution in [3.8, 4) is 0 Å². The van der Waals surface area contributed by atoms with Gasteiger partial charge < -0.3 is 35.1 Å². The minimum atomic E-state index is -0.0698. The first-order valence-electron chi connectivity index (χ1n) is 12.4. The van der Waals surface area contributed by atoms with Crippen molar-refractivity contribution in [2.75, 3.05) is 71.6 Å². The number of hydrogen-bond acceptors (Lipinski definition) is 7. The highest BCUT2D eigenvalue weighted by atomic mass is 16.5. The lowest BCUT2D eigenvalue weighted by atomic mass is 10.1. The molecular formula is C25H42N4O5. The Hall–Kier alpha value is -2.04. The Kier molecular flexibility index (Phi) is 13.7. The zero-order valence-electron chi connectivity index (χ0n) is 21.0. The van der Waals surface area contributed by atoms with Crippen LogP contribution in [0, 0.1) is 0 Å². The number of carbonyl (C=O) groups excluding carboxylic acids is 2. The number of anilines is 1. The molecule has 34 heavy (non-hydrogen) atoms. The molecule has 1 aliphatic heterocycles. The van der Waals surface area contributed by atoms with Crippen LogP contribution in [0.2, 0.25) is 0 Å². The molecule has 3 N–H and O–H groups in total. The molecule has 0 radical (unpaired) electrons. The molecule has 1 heterocycles. The molecule has 0 spiro atoms. The molecule has 0 fully saturated rings. The number of hydrogen-bond donors (Lipinski definition) is 3. The van der Waals surface area contributed by atoms with Crippen LogP contribution in [0.5, 0.6) is 0 Å². The van der Waals surface area contributed by atoms with Crippen LogP contribution in [-0.2, 0) is 25.5 Å². The summed E-state index contributed by atoms with van der Waals surface area (Å²) in [5.74, 6) is -0.0170. The predicted molar refractivity (Wildman–Crippen MR) is 133 cm³/mol. The number of likely N-dealkylation sites (N-methyl/N-ethyl adjacent to an activating group) is 1. The number of amides is 2. The second-order valence-corrected chi connectivity index (χ2v) is 8.39. The maximum atomic E-state index is 12.7. The Bertz CT molecular complexity index is 746. The fourth-order valence-electron chi connectivity index (χ4n) is 3.80. The molecule has 0 aliphatic carbocycles. The van der Waals surface area contributed by atoms with Crippen molar-refractivity contribution in [1.82, 2.24) is 15.5 Å². The zero-order chi connectivity index (χ0) is 24.6. The molecule has 1 aromatic rings. The fourth-order valence-corrected chi connectivity index (χ4v) is 3.80. The summed E-state index contributed by atoms with van der Waals surface area (Å²) >= 11 is 0. The van der Waals surface area contributed by atoms with E-state index >= 15 is 0 Å². The molecule has 0 saturated heterocycles. The van der Waals surface area contributed by atoms with Gasteiger partial charge in [-0.1, -0.05) is 19.4 Å². The van der Waals surface area contributed by atoms with Crippen molar-refractivity contribution in [2.24, 2.45) is 0 Å². The van der Waals surface area contributed by atoms with Gasteiger partial charge in [0.25, 0.3) is 5.91 Å². The SMILES string of the molecule is CCCC(C)N1Cc2c(NC(=O)CCNCCOCCOCCOCCNC)cccc2C1=O. The summed E-state index contributed by atoms with van der Waals surface area (Å²) in [6.07, 6.45) is 2.35. The van der Waals surface area contributed by atoms with Crippen LogP contribution in [0.3, 0.4) is 0 Å². The fraction of sp³-hybridized carbons (Fsp3) is 0.680. The number of benzene rings is 1. The van der Waals surface area contributed by atoms with Crippen molar-refractivity contribution in [2.45, 2.75) is 45.7 Å². The molecular weight excluding hydrogens is 436 g/mol. The quantitative estimate of drug-likeness (QED) is 0.262. The summed E-state index contributed by atoms with van der Waals surface area (Å²) in [6.45, 7) is 10.3. The van der Waals surface area contributed by atoms with Crippen LogP contribution in [0.15, 0.2) is 18.2 Å². The Morgan fingerprint density at radius 2 is 1.71 bits per heavy atom. The molecule has 1 aromatic carbocycles. The third kappa shape index (κ3) is 9.68. The molecule has 9 heteroatoms. The summed E-state index contributed by atoms with van der Waals surface area (Å²) in [6, 6.07) is 5.73. The van der Waals surface area contributed by atoms with Gasteiger partial charge in [0, 0.05) is 55.5 Å². The van der Waals surface area contributed by atoms with Crippen molar-refractivity contribution < 1.29 is 23.8 Å². The first kappa shape index (κ1) is 28.2. The van der Waals surface area contributed by atoms with Gasteiger partial charge in [-0.2, -0.15) is 0 Å². The van der Waals surface area contributed by atoms with E-state index in [1.54, 1.807) is 0 Å². The third-order valence-corrected chi connectivity index (χ3v) is 5.70. The van der Waals surface area contributed by atoms with Crippen LogP contribution in [0.25, 0.3) is 0 Å². The lowest BCUT2D eigenvalue weighted by Gasteiger charge is -2.23. The monoisotopic (exact) mass is 478 g/mol. The average molecular weight is 479 g/mol. The number of rotatable bonds is 19. The van der Waals surface area contributed by atoms with Gasteiger partial charge in [-0.25, -0.2) is 0 Å². The van der Waals surface area contributed by atoms with Crippen LogP contribution >= 0.6 is 0 Å². The first-order chi connectivity index (χ1) is 16.6. The Balaban J connectivity index is 1.56. The topological polar surface area (TPSA) is 101 Å². The lowest BCUT2D eigenvalue weighted by molar-refractivity contribution is -0.116. The maximum absolute atomic E-state index is 12.7. The van der Waals surface area contributed by atoms with E-state index in [2.05, 4.69) is 29.8 Å². The highest BCUT2D eigenvalue weighted by Gasteiger charge is 2.32. The van der Waals surface area contributed by atoms with Crippen LogP contribution < -0.4 is 16.0 Å². The Morgan fingerprint density at radius 3 is 2.38 bits per heavy atom. The van der Waals surface area contributed by atoms with E-state index in [9.17, 15) is 9.59 Å². The minimum absolute atomic E-state index is 0.0528. The van der Waals surface area contributed by atoms with E-state index in [1.807, 2.05) is 30.1 Å². The van der Waals surface area contributed by atoms with Gasteiger partial charge in [-0.15, -0.1) is 0 Å². The maximum Gasteiger partial charge on any atom is 0.254 e. The smallest absolute Gasteiger partial charge is 0.254 e. The summed E-state index contributed by atoms with van der Waals surface area (Å²) in [5, 5.41) is 9.21. The van der Waals surface area contributed by atoms with Crippen molar-refractivity contribution >= 4 is 17.5 Å². The summed E-state index contributed by atoms with van der Waals surface area (Å²) in [4.78, 5) is 27.1. The van der Waals surface area contributed by atoms with Crippen molar-refractivity contribution in [1.29, 1.82) is 0 Å². The molecule has 1 unspecified atom stereocenters. The molecule has 0 aromatic heterocycles. The normalized spacial score (nSPS) is 13.9. The molecule has 0 saturated carbocycles. The Labute approximate surface area is 203 Å². The third-order valence-electron chi connectivity index (χ3n) is 5.70. The van der Waals surface area contributed by atoms with E-state index < -0.39 is 0 Å². The number of fused-ring (bicyclic) bond motifs is 1. The number of nitrogens with one attached hydrogen (secondary N) is 3. The lowest BCUT2D eigenvalue weighted by Crippen LogP contribution is -2.33. The van der Waals surface area contributed by atoms with Crippen LogP contribution in [-0.4, -0.2) is 89.1 Å². The van der Waals surface area contributed by atoms with Gasteiger partial charge >= 0.3 is 0 Å². The molecule has 1 atom stereocenters. The molecule has 9 nitrogen and oxygen atoms in total. The van der Waals surface area contributed by atoms with Crippen molar-refractivity contribution in [3.05, 3.63) is 29.3 Å². The van der Waals surface area contributed by atoms with Gasteiger partial charge in [-0.3, -0.25) is 9.59 Å². The molecule has 2 amide bonds. The number of nitrogens with zero attached hydrogens (tertiary/aromatic N) is 1. The van der Waals surface area contributed by atoms with E-state index in [-0.39, 0.29) is 17.9 Å². The summed E-state index contributed by atoms with van der Waals surface area (Å²) in [5.41, 5.74) is 2.34. The molecule has 1 aliphatic rings.